The van der Waals surface area contributed by atoms with Gasteiger partial charge in [-0.2, -0.15) is 5.10 Å². The summed E-state index contributed by atoms with van der Waals surface area (Å²) in [5, 5.41) is 12.0. The van der Waals surface area contributed by atoms with Crippen LogP contribution in [0.4, 0.5) is 4.39 Å². The van der Waals surface area contributed by atoms with E-state index in [0.717, 1.165) is 67.1 Å². The Morgan fingerprint density at radius 3 is 2.51 bits per heavy atom. The fraction of sp³-hybridized carbons (Fsp3) is 0.0294. The van der Waals surface area contributed by atoms with Crippen LogP contribution in [-0.2, 0) is 0 Å². The molecule has 0 aliphatic rings. The van der Waals surface area contributed by atoms with Gasteiger partial charge in [-0.3, -0.25) is 10.1 Å². The molecule has 200 valence electrons. The molecule has 7 heteroatoms. The van der Waals surface area contributed by atoms with Crippen LogP contribution in [0.5, 0.6) is 0 Å². The van der Waals surface area contributed by atoms with Crippen LogP contribution in [0.1, 0.15) is 18.2 Å². The second-order valence-electron chi connectivity index (χ2n) is 9.49. The van der Waals surface area contributed by atoms with Crippen LogP contribution in [-0.4, -0.2) is 25.1 Å². The molecule has 2 aromatic carbocycles. The lowest BCUT2D eigenvalue weighted by Gasteiger charge is -2.12. The third-order valence-electron chi connectivity index (χ3n) is 6.88. The van der Waals surface area contributed by atoms with Crippen molar-refractivity contribution >= 4 is 33.2 Å². The van der Waals surface area contributed by atoms with Crippen molar-refractivity contribution in [3.63, 3.8) is 0 Å². The average Bonchev–Trinajstić information content (AvgIpc) is 3.64. The molecule has 4 aromatic heterocycles. The lowest BCUT2D eigenvalue weighted by molar-refractivity contribution is 0.628. The number of H-pyrrole nitrogens is 2. The summed E-state index contributed by atoms with van der Waals surface area (Å²) in [4.78, 5) is 13.0. The van der Waals surface area contributed by atoms with Gasteiger partial charge in [-0.1, -0.05) is 49.6 Å². The minimum absolute atomic E-state index is 0.284. The normalized spacial score (nSPS) is 12.1. The van der Waals surface area contributed by atoms with Gasteiger partial charge in [0.05, 0.1) is 22.6 Å². The molecule has 0 saturated carbocycles. The molecule has 41 heavy (non-hydrogen) atoms. The SMILES string of the molecule is C=C/C(=C\C(=C/C)c1ccc2[nH]nc(-c3cc4c(-c5ccc(F)cc5)nccc4[nH]3)c2n1)NC(=C)c1ccccc1. The first-order chi connectivity index (χ1) is 20.0. The van der Waals surface area contributed by atoms with E-state index in [1.807, 2.05) is 73.7 Å². The predicted molar refractivity (Wildman–Crippen MR) is 165 cm³/mol. The Morgan fingerprint density at radius 1 is 0.951 bits per heavy atom. The second-order valence-corrected chi connectivity index (χ2v) is 9.49. The van der Waals surface area contributed by atoms with E-state index < -0.39 is 0 Å². The zero-order valence-electron chi connectivity index (χ0n) is 22.4. The molecular formula is C34H27FN6. The second kappa shape index (κ2) is 10.9. The molecular weight excluding hydrogens is 511 g/mol. The molecule has 4 heterocycles. The minimum Gasteiger partial charge on any atom is -0.356 e. The summed E-state index contributed by atoms with van der Waals surface area (Å²) >= 11 is 0. The molecule has 0 atom stereocenters. The number of allylic oxidation sites excluding steroid dienone is 4. The number of fused-ring (bicyclic) bond motifs is 2. The van der Waals surface area contributed by atoms with Gasteiger partial charge < -0.3 is 10.3 Å². The Hall–Kier alpha value is -5.56. The highest BCUT2D eigenvalue weighted by Crippen LogP contribution is 2.33. The summed E-state index contributed by atoms with van der Waals surface area (Å²) < 4.78 is 13.5. The van der Waals surface area contributed by atoms with Crippen LogP contribution in [0.15, 0.2) is 122 Å². The highest BCUT2D eigenvalue weighted by Gasteiger charge is 2.16. The molecule has 0 fully saturated rings. The Bertz CT molecular complexity index is 1960. The summed E-state index contributed by atoms with van der Waals surface area (Å²) in [6.45, 7) is 10.1. The van der Waals surface area contributed by atoms with Crippen molar-refractivity contribution in [3.05, 3.63) is 139 Å². The fourth-order valence-corrected chi connectivity index (χ4v) is 4.77. The molecule has 3 N–H and O–H groups in total. The smallest absolute Gasteiger partial charge is 0.135 e. The van der Waals surface area contributed by atoms with Crippen molar-refractivity contribution in [1.82, 2.24) is 30.5 Å². The zero-order valence-corrected chi connectivity index (χ0v) is 22.4. The summed E-state index contributed by atoms with van der Waals surface area (Å²) in [6, 6.07) is 24.1. The standard InChI is InChI=1S/C34H27FN6/c1-4-22(19-26(5-2)37-21(3)23-9-7-6-8-10-23)28-15-16-30-33(39-28)34(41-40-30)31-20-27-29(38-31)17-18-36-32(27)24-11-13-25(35)14-12-24/h4-20,37-38H,2-3H2,1H3,(H,40,41)/b22-4+,26-19+. The molecule has 0 unspecified atom stereocenters. The van der Waals surface area contributed by atoms with Crippen molar-refractivity contribution in [1.29, 1.82) is 0 Å². The van der Waals surface area contributed by atoms with Gasteiger partial charge in [-0.15, -0.1) is 0 Å². The number of halogens is 1. The van der Waals surface area contributed by atoms with Crippen LogP contribution in [0.2, 0.25) is 0 Å². The number of benzene rings is 2. The van der Waals surface area contributed by atoms with Crippen LogP contribution in [0.3, 0.4) is 0 Å². The average molecular weight is 539 g/mol. The van der Waals surface area contributed by atoms with Gasteiger partial charge in [0.15, 0.2) is 0 Å². The predicted octanol–water partition coefficient (Wildman–Crippen LogP) is 8.04. The Kier molecular flexibility index (Phi) is 6.83. The van der Waals surface area contributed by atoms with Crippen molar-refractivity contribution in [2.45, 2.75) is 6.92 Å². The summed E-state index contributed by atoms with van der Waals surface area (Å²) in [5.74, 6) is -0.284. The molecule has 6 aromatic rings. The van der Waals surface area contributed by atoms with E-state index in [2.05, 4.69) is 38.6 Å². The quantitative estimate of drug-likeness (QED) is 0.171. The van der Waals surface area contributed by atoms with E-state index in [0.29, 0.717) is 5.69 Å². The van der Waals surface area contributed by atoms with E-state index in [1.54, 1.807) is 24.4 Å². The van der Waals surface area contributed by atoms with E-state index in [4.69, 9.17) is 4.98 Å². The van der Waals surface area contributed by atoms with E-state index >= 15 is 0 Å². The topological polar surface area (TPSA) is 82.3 Å². The first kappa shape index (κ1) is 25.7. The molecule has 0 aliphatic carbocycles. The maximum atomic E-state index is 13.5. The Morgan fingerprint density at radius 2 is 1.76 bits per heavy atom. The third-order valence-corrected chi connectivity index (χ3v) is 6.88. The number of nitrogens with zero attached hydrogens (tertiary/aromatic N) is 3. The number of pyridine rings is 2. The fourth-order valence-electron chi connectivity index (χ4n) is 4.77. The van der Waals surface area contributed by atoms with Crippen molar-refractivity contribution in [3.8, 4) is 22.6 Å². The van der Waals surface area contributed by atoms with Gasteiger partial charge in [0.1, 0.15) is 17.0 Å². The lowest BCUT2D eigenvalue weighted by Crippen LogP contribution is -2.09. The van der Waals surface area contributed by atoms with E-state index in [1.165, 1.54) is 12.1 Å². The van der Waals surface area contributed by atoms with Crippen LogP contribution >= 0.6 is 0 Å². The number of aromatic nitrogens is 5. The van der Waals surface area contributed by atoms with Gasteiger partial charge >= 0.3 is 0 Å². The molecule has 6 nitrogen and oxygen atoms in total. The number of hydrogen-bond acceptors (Lipinski definition) is 4. The molecule has 6 rings (SSSR count). The summed E-state index contributed by atoms with van der Waals surface area (Å²) in [6.07, 6.45) is 7.51. The van der Waals surface area contributed by atoms with Crippen molar-refractivity contribution in [2.24, 2.45) is 0 Å². The van der Waals surface area contributed by atoms with E-state index in [-0.39, 0.29) is 5.82 Å². The maximum Gasteiger partial charge on any atom is 0.135 e. The van der Waals surface area contributed by atoms with Crippen molar-refractivity contribution < 1.29 is 4.39 Å². The minimum atomic E-state index is -0.284. The number of nitrogens with one attached hydrogen (secondary N) is 3. The van der Waals surface area contributed by atoms with Crippen LogP contribution in [0.25, 0.3) is 55.9 Å². The first-order valence-corrected chi connectivity index (χ1v) is 13.2. The van der Waals surface area contributed by atoms with E-state index in [9.17, 15) is 4.39 Å². The van der Waals surface area contributed by atoms with Gasteiger partial charge in [-0.05, 0) is 78.7 Å². The lowest BCUT2D eigenvalue weighted by atomic mass is 10.1. The molecule has 0 spiro atoms. The van der Waals surface area contributed by atoms with Crippen LogP contribution < -0.4 is 5.32 Å². The van der Waals surface area contributed by atoms with Gasteiger partial charge in [0.25, 0.3) is 0 Å². The molecule has 0 radical (unpaired) electrons. The maximum absolute atomic E-state index is 13.5. The van der Waals surface area contributed by atoms with Crippen molar-refractivity contribution in [2.75, 3.05) is 0 Å². The summed E-state index contributed by atoms with van der Waals surface area (Å²) in [5.41, 5.74) is 9.85. The number of rotatable bonds is 8. The first-order valence-electron chi connectivity index (χ1n) is 13.2. The van der Waals surface area contributed by atoms with Gasteiger partial charge in [0, 0.05) is 34.1 Å². The molecule has 0 amide bonds. The zero-order chi connectivity index (χ0) is 28.3. The molecule has 0 aliphatic heterocycles. The largest absolute Gasteiger partial charge is 0.356 e. The number of hydrogen-bond donors (Lipinski definition) is 3. The monoisotopic (exact) mass is 538 g/mol. The molecule has 0 saturated heterocycles. The highest BCUT2D eigenvalue weighted by atomic mass is 19.1. The number of aromatic amines is 2. The highest BCUT2D eigenvalue weighted by molar-refractivity contribution is 5.99. The third kappa shape index (κ3) is 5.08. The molecule has 0 bridgehead atoms. The Balaban J connectivity index is 1.36. The van der Waals surface area contributed by atoms with Crippen LogP contribution in [0, 0.1) is 5.82 Å². The Labute approximate surface area is 236 Å². The van der Waals surface area contributed by atoms with Gasteiger partial charge in [-0.25, -0.2) is 9.37 Å². The summed E-state index contributed by atoms with van der Waals surface area (Å²) in [7, 11) is 0. The van der Waals surface area contributed by atoms with Gasteiger partial charge in [0.2, 0.25) is 0 Å².